The molecule has 0 saturated carbocycles. The number of carbonyl (C=O) groups excluding carboxylic acids is 1. The lowest BCUT2D eigenvalue weighted by Gasteiger charge is -2.04. The second-order valence-electron chi connectivity index (χ2n) is 4.55. The fourth-order valence-corrected chi connectivity index (χ4v) is 2.59. The van der Waals surface area contributed by atoms with Crippen molar-refractivity contribution in [3.8, 4) is 0 Å². The number of benzene rings is 2. The quantitative estimate of drug-likeness (QED) is 0.359. The molecule has 2 aromatic rings. The molecular weight excluding hydrogens is 312 g/mol. The van der Waals surface area contributed by atoms with Gasteiger partial charge in [-0.25, -0.2) is 8.78 Å². The molecule has 0 fully saturated rings. The summed E-state index contributed by atoms with van der Waals surface area (Å²) in [4.78, 5) is 22.8. The smallest absolute Gasteiger partial charge is 0.273 e. The highest BCUT2D eigenvalue weighted by Gasteiger charge is 2.15. The Bertz CT molecular complexity index is 750. The monoisotopic (exact) mass is 323 g/mol. The lowest BCUT2D eigenvalue weighted by molar-refractivity contribution is -0.385. The Hall–Kier alpha value is -2.28. The number of nitro benzene ring substituents is 1. The van der Waals surface area contributed by atoms with Crippen molar-refractivity contribution in [1.29, 1.82) is 0 Å². The molecule has 2 aromatic carbocycles. The van der Waals surface area contributed by atoms with Crippen molar-refractivity contribution in [2.45, 2.75) is 11.8 Å². The van der Waals surface area contributed by atoms with E-state index in [-0.39, 0.29) is 22.8 Å². The Labute approximate surface area is 129 Å². The van der Waals surface area contributed by atoms with Gasteiger partial charge in [0.15, 0.2) is 17.4 Å². The molecule has 0 heterocycles. The minimum Gasteiger partial charge on any atom is -0.293 e. The topological polar surface area (TPSA) is 60.2 Å². The number of thioether (sulfide) groups is 1. The normalized spacial score (nSPS) is 10.5. The molecule has 0 unspecified atom stereocenters. The first-order valence-corrected chi connectivity index (χ1v) is 7.23. The molecular formula is C15H11F2NO3S. The first-order chi connectivity index (χ1) is 10.4. The highest BCUT2D eigenvalue weighted by molar-refractivity contribution is 8.00. The van der Waals surface area contributed by atoms with Crippen LogP contribution in [0.4, 0.5) is 14.5 Å². The number of ketones is 1. The molecule has 2 rings (SSSR count). The number of nitrogens with zero attached hydrogens (tertiary/aromatic N) is 1. The summed E-state index contributed by atoms with van der Waals surface area (Å²) in [5.74, 6) is -2.28. The van der Waals surface area contributed by atoms with Crippen LogP contribution in [0.5, 0.6) is 0 Å². The van der Waals surface area contributed by atoms with Crippen LogP contribution in [0.3, 0.4) is 0 Å². The van der Waals surface area contributed by atoms with E-state index < -0.39 is 16.6 Å². The van der Waals surface area contributed by atoms with Crippen LogP contribution in [-0.2, 0) is 0 Å². The Kier molecular flexibility index (Phi) is 4.87. The maximum Gasteiger partial charge on any atom is 0.273 e. The standard InChI is InChI=1S/C15H11F2NO3S/c1-9-2-3-10(6-14(9)18(20)21)15(19)8-22-11-4-5-12(16)13(17)7-11/h2-7H,8H2,1H3. The van der Waals surface area contributed by atoms with Gasteiger partial charge in [-0.05, 0) is 25.1 Å². The van der Waals surface area contributed by atoms with E-state index in [0.29, 0.717) is 10.5 Å². The van der Waals surface area contributed by atoms with E-state index >= 15 is 0 Å². The van der Waals surface area contributed by atoms with Crippen molar-refractivity contribution in [3.05, 3.63) is 69.3 Å². The van der Waals surface area contributed by atoms with Gasteiger partial charge >= 0.3 is 0 Å². The van der Waals surface area contributed by atoms with Gasteiger partial charge in [-0.15, -0.1) is 11.8 Å². The molecule has 0 aromatic heterocycles. The van der Waals surface area contributed by atoms with Crippen LogP contribution in [0, 0.1) is 28.7 Å². The number of hydrogen-bond acceptors (Lipinski definition) is 4. The SMILES string of the molecule is Cc1ccc(C(=O)CSc2ccc(F)c(F)c2)cc1[N+](=O)[O-]. The van der Waals surface area contributed by atoms with Crippen molar-refractivity contribution in [2.75, 3.05) is 5.75 Å². The van der Waals surface area contributed by atoms with Crippen LogP contribution in [-0.4, -0.2) is 16.5 Å². The average molecular weight is 323 g/mol. The molecule has 0 atom stereocenters. The molecule has 0 aliphatic heterocycles. The third-order valence-corrected chi connectivity index (χ3v) is 3.98. The number of Topliss-reactive ketones (excluding diaryl/α,β-unsaturated/α-hetero) is 1. The predicted molar refractivity (Wildman–Crippen MR) is 79.2 cm³/mol. The number of halogens is 2. The summed E-state index contributed by atoms with van der Waals surface area (Å²) in [7, 11) is 0. The minimum atomic E-state index is -0.983. The van der Waals surface area contributed by atoms with Crippen molar-refractivity contribution < 1.29 is 18.5 Å². The summed E-state index contributed by atoms with van der Waals surface area (Å²) in [6.45, 7) is 1.59. The molecule has 7 heteroatoms. The zero-order valence-corrected chi connectivity index (χ0v) is 12.3. The van der Waals surface area contributed by atoms with Gasteiger partial charge in [0.25, 0.3) is 5.69 Å². The van der Waals surface area contributed by atoms with Gasteiger partial charge in [0.2, 0.25) is 0 Å². The Morgan fingerprint density at radius 2 is 1.91 bits per heavy atom. The summed E-state index contributed by atoms with van der Waals surface area (Å²) in [6.07, 6.45) is 0. The largest absolute Gasteiger partial charge is 0.293 e. The molecule has 0 aliphatic carbocycles. The molecule has 0 saturated heterocycles. The number of carbonyl (C=O) groups is 1. The van der Waals surface area contributed by atoms with Gasteiger partial charge in [0.1, 0.15) is 0 Å². The van der Waals surface area contributed by atoms with Crippen LogP contribution in [0.25, 0.3) is 0 Å². The maximum absolute atomic E-state index is 13.1. The van der Waals surface area contributed by atoms with Crippen molar-refractivity contribution in [2.24, 2.45) is 0 Å². The molecule has 0 bridgehead atoms. The van der Waals surface area contributed by atoms with Crippen LogP contribution in [0.2, 0.25) is 0 Å². The van der Waals surface area contributed by atoms with Crippen molar-refractivity contribution in [3.63, 3.8) is 0 Å². The molecule has 0 N–H and O–H groups in total. The Morgan fingerprint density at radius 3 is 2.55 bits per heavy atom. The third kappa shape index (κ3) is 3.67. The highest BCUT2D eigenvalue weighted by Crippen LogP contribution is 2.24. The average Bonchev–Trinajstić information content (AvgIpc) is 2.48. The van der Waals surface area contributed by atoms with Crippen molar-refractivity contribution >= 4 is 23.2 Å². The van der Waals surface area contributed by atoms with E-state index in [1.807, 2.05) is 0 Å². The number of aryl methyl sites for hydroxylation is 1. The number of rotatable bonds is 5. The molecule has 0 spiro atoms. The van der Waals surface area contributed by atoms with Crippen LogP contribution in [0.15, 0.2) is 41.3 Å². The Morgan fingerprint density at radius 1 is 1.18 bits per heavy atom. The summed E-state index contributed by atoms with van der Waals surface area (Å²) < 4.78 is 25.9. The lowest BCUT2D eigenvalue weighted by atomic mass is 10.1. The summed E-state index contributed by atoms with van der Waals surface area (Å²) in [5, 5.41) is 10.9. The van der Waals surface area contributed by atoms with Gasteiger partial charge in [0.05, 0.1) is 10.7 Å². The number of hydrogen-bond donors (Lipinski definition) is 0. The van der Waals surface area contributed by atoms with Gasteiger partial charge < -0.3 is 0 Å². The van der Waals surface area contributed by atoms with Gasteiger partial charge in [-0.1, -0.05) is 12.1 Å². The summed E-state index contributed by atoms with van der Waals surface area (Å²) in [5.41, 5.74) is 0.561. The minimum absolute atomic E-state index is 0.0225. The van der Waals surface area contributed by atoms with Crippen LogP contribution < -0.4 is 0 Å². The lowest BCUT2D eigenvalue weighted by Crippen LogP contribution is -2.04. The van der Waals surface area contributed by atoms with Crippen LogP contribution >= 0.6 is 11.8 Å². The van der Waals surface area contributed by atoms with Gasteiger partial charge in [-0.3, -0.25) is 14.9 Å². The molecule has 114 valence electrons. The predicted octanol–water partition coefficient (Wildman–Crippen LogP) is 4.16. The molecule has 0 amide bonds. The summed E-state index contributed by atoms with van der Waals surface area (Å²) in [6, 6.07) is 7.60. The van der Waals surface area contributed by atoms with E-state index in [1.54, 1.807) is 6.92 Å². The third-order valence-electron chi connectivity index (χ3n) is 2.99. The highest BCUT2D eigenvalue weighted by atomic mass is 32.2. The number of nitro groups is 1. The maximum atomic E-state index is 13.1. The molecule has 0 aliphatic rings. The molecule has 4 nitrogen and oxygen atoms in total. The Balaban J connectivity index is 2.10. The fourth-order valence-electron chi connectivity index (χ4n) is 1.78. The second kappa shape index (κ2) is 6.65. The second-order valence-corrected chi connectivity index (χ2v) is 5.59. The molecule has 0 radical (unpaired) electrons. The summed E-state index contributed by atoms with van der Waals surface area (Å²) >= 11 is 1.04. The van der Waals surface area contributed by atoms with E-state index in [0.717, 1.165) is 23.9 Å². The van der Waals surface area contributed by atoms with E-state index in [4.69, 9.17) is 0 Å². The fraction of sp³-hybridized carbons (Fsp3) is 0.133. The van der Waals surface area contributed by atoms with Crippen LogP contribution in [0.1, 0.15) is 15.9 Å². The molecule has 22 heavy (non-hydrogen) atoms. The van der Waals surface area contributed by atoms with E-state index in [9.17, 15) is 23.7 Å². The first kappa shape index (κ1) is 16.1. The van der Waals surface area contributed by atoms with Gasteiger partial charge in [0, 0.05) is 22.1 Å². The zero-order valence-electron chi connectivity index (χ0n) is 11.5. The van der Waals surface area contributed by atoms with Gasteiger partial charge in [-0.2, -0.15) is 0 Å². The van der Waals surface area contributed by atoms with E-state index in [2.05, 4.69) is 0 Å². The first-order valence-electron chi connectivity index (χ1n) is 6.24. The van der Waals surface area contributed by atoms with E-state index in [1.165, 1.54) is 24.3 Å². The van der Waals surface area contributed by atoms with Crippen molar-refractivity contribution in [1.82, 2.24) is 0 Å². The zero-order chi connectivity index (χ0) is 16.3.